The van der Waals surface area contributed by atoms with Crippen LogP contribution in [0.1, 0.15) is 12.7 Å². The average molecular weight is 270 g/mol. The van der Waals surface area contributed by atoms with E-state index in [1.807, 2.05) is 43.3 Å². The van der Waals surface area contributed by atoms with Gasteiger partial charge in [0.05, 0.1) is 11.9 Å². The molecule has 0 aliphatic rings. The normalized spacial score (nSPS) is 11.2. The number of aliphatic imine (C=N–C) groups is 1. The first kappa shape index (κ1) is 13.5. The Balaban J connectivity index is 0.00000200. The second kappa shape index (κ2) is 6.29. The monoisotopic (exact) mass is 270 g/mol. The molecule has 1 heterocycles. The van der Waals surface area contributed by atoms with E-state index in [2.05, 4.69) is 23.1 Å². The Kier molecular flexibility index (Phi) is 4.47. The summed E-state index contributed by atoms with van der Waals surface area (Å²) in [5.74, 6) is 0.853. The summed E-state index contributed by atoms with van der Waals surface area (Å²) in [6.07, 6.45) is 3.53. The van der Waals surface area contributed by atoms with Gasteiger partial charge in [-0.25, -0.2) is 0 Å². The summed E-state index contributed by atoms with van der Waals surface area (Å²) < 4.78 is 5.88. The maximum Gasteiger partial charge on any atom is 1.00 e. The topological polar surface area (TPSA) is 34.5 Å². The zero-order valence-corrected chi connectivity index (χ0v) is 12.4. The highest BCUT2D eigenvalue weighted by Crippen LogP contribution is 2.31. The van der Waals surface area contributed by atoms with Gasteiger partial charge in [-0.2, -0.15) is 0 Å². The summed E-state index contributed by atoms with van der Waals surface area (Å²) in [5.41, 5.74) is 2.84. The number of nitrogens with zero attached hydrogens (tertiary/aromatic N) is 2. The van der Waals surface area contributed by atoms with E-state index in [1.165, 1.54) is 0 Å². The lowest BCUT2D eigenvalue weighted by molar-refractivity contribution is 0.581. The van der Waals surface area contributed by atoms with E-state index >= 15 is 0 Å². The highest BCUT2D eigenvalue weighted by atomic mass is 28.3. The number of hydrogen-bond donors (Lipinski definition) is 0. The van der Waals surface area contributed by atoms with E-state index < -0.39 is 9.04 Å². The first-order valence-corrected chi connectivity index (χ1v) is 8.60. The zero-order valence-electron chi connectivity index (χ0n) is 12.4. The minimum absolute atomic E-state index is 0. The van der Waals surface area contributed by atoms with Crippen molar-refractivity contribution in [3.8, 4) is 5.75 Å². The molecule has 97 valence electrons. The quantitative estimate of drug-likeness (QED) is 0.624. The van der Waals surface area contributed by atoms with Crippen LogP contribution in [0.25, 0.3) is 0 Å². The summed E-state index contributed by atoms with van der Waals surface area (Å²) in [4.78, 5) is 8.76. The van der Waals surface area contributed by atoms with Crippen LogP contribution in [0.4, 0.5) is 5.69 Å². The van der Waals surface area contributed by atoms with E-state index in [0.717, 1.165) is 22.7 Å². The van der Waals surface area contributed by atoms with Crippen molar-refractivity contribution in [2.75, 3.05) is 0 Å². The molecule has 1 radical (unpaired) electrons. The standard InChI is InChI=1S/C15H17N2OSi/c1-12-7-6-9-14(18-19(2)3)15(12)17-11-13-8-4-5-10-16-13/h4-11H,1-3H3/p+1. The summed E-state index contributed by atoms with van der Waals surface area (Å²) in [6, 6.07) is 11.8. The van der Waals surface area contributed by atoms with Crippen molar-refractivity contribution < 1.29 is 5.85 Å². The molecule has 2 aromatic rings. The smallest absolute Gasteiger partial charge is 0.541 e. The zero-order chi connectivity index (χ0) is 13.7. The Hall–Kier alpha value is -1.94. The second-order valence-corrected chi connectivity index (χ2v) is 6.47. The van der Waals surface area contributed by atoms with Gasteiger partial charge in [0, 0.05) is 6.20 Å². The van der Waals surface area contributed by atoms with Crippen molar-refractivity contribution in [2.45, 2.75) is 20.0 Å². The van der Waals surface area contributed by atoms with Gasteiger partial charge < -0.3 is 4.43 Å². The molecule has 1 aromatic carbocycles. The molecule has 3 nitrogen and oxygen atoms in total. The number of aryl methyl sites for hydroxylation is 1. The van der Waals surface area contributed by atoms with E-state index in [4.69, 9.17) is 4.43 Å². The molecule has 1 aromatic heterocycles. The van der Waals surface area contributed by atoms with Crippen LogP contribution in [0.2, 0.25) is 13.1 Å². The number of hydrogen-bond acceptors (Lipinski definition) is 3. The maximum atomic E-state index is 5.88. The van der Waals surface area contributed by atoms with Crippen molar-refractivity contribution in [2.24, 2.45) is 4.99 Å². The largest absolute Gasteiger partial charge is 1.00 e. The molecule has 2 rings (SSSR count). The van der Waals surface area contributed by atoms with E-state index in [1.54, 1.807) is 12.4 Å². The first-order valence-electron chi connectivity index (χ1n) is 6.19. The molecule has 0 atom stereocenters. The minimum Gasteiger partial charge on any atom is -0.541 e. The van der Waals surface area contributed by atoms with Crippen molar-refractivity contribution in [3.05, 3.63) is 53.9 Å². The molecule has 0 fully saturated rings. The van der Waals surface area contributed by atoms with Gasteiger partial charge in [0.25, 0.3) is 9.04 Å². The first-order chi connectivity index (χ1) is 9.16. The Morgan fingerprint density at radius 3 is 2.74 bits per heavy atom. The fraction of sp³-hybridized carbons (Fsp3) is 0.200. The predicted molar refractivity (Wildman–Crippen MR) is 81.9 cm³/mol. The third kappa shape index (κ3) is 3.76. The van der Waals surface area contributed by atoms with E-state index in [0.29, 0.717) is 0 Å². The molecule has 0 saturated carbocycles. The van der Waals surface area contributed by atoms with Gasteiger partial charge in [-0.3, -0.25) is 9.98 Å². The van der Waals surface area contributed by atoms with E-state index in [-0.39, 0.29) is 1.43 Å². The minimum atomic E-state index is -0.797. The second-order valence-electron chi connectivity index (χ2n) is 4.44. The van der Waals surface area contributed by atoms with Gasteiger partial charge in [0.15, 0.2) is 0 Å². The number of rotatable bonds is 4. The maximum absolute atomic E-state index is 5.88. The molecule has 0 unspecified atom stereocenters. The van der Waals surface area contributed by atoms with Crippen LogP contribution in [0, 0.1) is 6.92 Å². The molecule has 19 heavy (non-hydrogen) atoms. The Morgan fingerprint density at radius 2 is 2.05 bits per heavy atom. The van der Waals surface area contributed by atoms with Crippen molar-refractivity contribution in [3.63, 3.8) is 0 Å². The number of para-hydroxylation sites is 1. The van der Waals surface area contributed by atoms with Crippen LogP contribution in [-0.2, 0) is 0 Å². The van der Waals surface area contributed by atoms with Crippen LogP contribution in [0.3, 0.4) is 0 Å². The molecular formula is C15H18N2OSi+. The average Bonchev–Trinajstić information content (AvgIpc) is 2.38. The van der Waals surface area contributed by atoms with Crippen LogP contribution < -0.4 is 4.43 Å². The molecule has 0 N–H and O–H groups in total. The molecule has 0 spiro atoms. The third-order valence-electron chi connectivity index (χ3n) is 2.53. The lowest BCUT2D eigenvalue weighted by atomic mass is 10.2. The van der Waals surface area contributed by atoms with Crippen molar-refractivity contribution in [1.29, 1.82) is 0 Å². The highest BCUT2D eigenvalue weighted by Gasteiger charge is 2.07. The Labute approximate surface area is 117 Å². The molecule has 4 heteroatoms. The van der Waals surface area contributed by atoms with Crippen molar-refractivity contribution >= 4 is 20.9 Å². The molecule has 0 aliphatic heterocycles. The summed E-state index contributed by atoms with van der Waals surface area (Å²) >= 11 is 0. The number of benzene rings is 1. The summed E-state index contributed by atoms with van der Waals surface area (Å²) in [6.45, 7) is 6.26. The number of pyridine rings is 1. The van der Waals surface area contributed by atoms with Crippen LogP contribution in [0.15, 0.2) is 47.6 Å². The Morgan fingerprint density at radius 1 is 1.21 bits per heavy atom. The highest BCUT2D eigenvalue weighted by molar-refractivity contribution is 6.49. The SMILES string of the molecule is Cc1cccc(O[Si](C)C)c1N=Cc1ccccn1.[H+]. The third-order valence-corrected chi connectivity index (χ3v) is 3.16. The van der Waals surface area contributed by atoms with Gasteiger partial charge in [-0.05, 0) is 43.8 Å². The van der Waals surface area contributed by atoms with Gasteiger partial charge in [-0.15, -0.1) is 0 Å². The van der Waals surface area contributed by atoms with E-state index in [9.17, 15) is 0 Å². The van der Waals surface area contributed by atoms with Crippen LogP contribution in [-0.4, -0.2) is 20.2 Å². The lowest BCUT2D eigenvalue weighted by Crippen LogP contribution is -2.11. The van der Waals surface area contributed by atoms with Crippen LogP contribution >= 0.6 is 0 Å². The molecule has 0 saturated heterocycles. The Bertz CT molecular complexity index is 573. The lowest BCUT2D eigenvalue weighted by Gasteiger charge is -2.12. The molecule has 0 bridgehead atoms. The molecule has 0 aliphatic carbocycles. The van der Waals surface area contributed by atoms with Crippen molar-refractivity contribution in [1.82, 2.24) is 4.98 Å². The molecular weight excluding hydrogens is 252 g/mol. The molecule has 0 amide bonds. The summed E-state index contributed by atoms with van der Waals surface area (Å²) in [7, 11) is -0.797. The van der Waals surface area contributed by atoms with Crippen LogP contribution in [0.5, 0.6) is 5.75 Å². The van der Waals surface area contributed by atoms with Gasteiger partial charge in [-0.1, -0.05) is 18.2 Å². The number of aromatic nitrogens is 1. The summed E-state index contributed by atoms with van der Waals surface area (Å²) in [5, 5.41) is 0. The van der Waals surface area contributed by atoms with Gasteiger partial charge in [0.1, 0.15) is 11.4 Å². The fourth-order valence-corrected chi connectivity index (χ4v) is 2.29. The van der Waals surface area contributed by atoms with Gasteiger partial charge in [0.2, 0.25) is 0 Å². The van der Waals surface area contributed by atoms with Gasteiger partial charge >= 0.3 is 1.43 Å². The fourth-order valence-electron chi connectivity index (χ4n) is 1.68. The predicted octanol–water partition coefficient (Wildman–Crippen LogP) is 3.88.